The van der Waals surface area contributed by atoms with Crippen molar-refractivity contribution in [3.05, 3.63) is 35.4 Å². The van der Waals surface area contributed by atoms with Crippen molar-refractivity contribution in [2.75, 3.05) is 0 Å². The predicted molar refractivity (Wildman–Crippen MR) is 74.1 cm³/mol. The van der Waals surface area contributed by atoms with Crippen LogP contribution in [-0.4, -0.2) is 23.0 Å². The van der Waals surface area contributed by atoms with Crippen LogP contribution in [0.1, 0.15) is 41.6 Å². The average molecular weight is 285 g/mol. The number of nitrogens with zero attached hydrogens (tertiary/aromatic N) is 2. The maximum absolute atomic E-state index is 11.9. The normalized spacial score (nSPS) is 11.0. The predicted octanol–water partition coefficient (Wildman–Crippen LogP) is 1.83. The fourth-order valence-electron chi connectivity index (χ4n) is 1.75. The molecule has 0 unspecified atom stereocenters. The first-order chi connectivity index (χ1) is 10.1. The lowest BCUT2D eigenvalue weighted by atomic mass is 10.1. The van der Waals surface area contributed by atoms with Crippen molar-refractivity contribution in [2.24, 2.45) is 0 Å². The van der Waals surface area contributed by atoms with E-state index in [9.17, 15) is 9.59 Å². The molecule has 6 nitrogen and oxygen atoms in total. The van der Waals surface area contributed by atoms with Gasteiger partial charge in [-0.2, -0.15) is 10.5 Å². The van der Waals surface area contributed by atoms with Crippen LogP contribution in [0, 0.1) is 22.7 Å². The molecule has 0 aliphatic heterocycles. The third kappa shape index (κ3) is 5.33. The van der Waals surface area contributed by atoms with Crippen molar-refractivity contribution in [3.8, 4) is 12.1 Å². The summed E-state index contributed by atoms with van der Waals surface area (Å²) in [5, 5.41) is 28.6. The number of rotatable bonds is 7. The van der Waals surface area contributed by atoms with Crippen molar-refractivity contribution in [2.45, 2.75) is 31.7 Å². The lowest BCUT2D eigenvalue weighted by Crippen LogP contribution is -2.40. The van der Waals surface area contributed by atoms with Crippen LogP contribution in [0.5, 0.6) is 0 Å². The minimum Gasteiger partial charge on any atom is -0.480 e. The van der Waals surface area contributed by atoms with E-state index in [1.54, 1.807) is 0 Å². The molecule has 0 aliphatic carbocycles. The number of amides is 1. The number of hydrogen-bond donors (Lipinski definition) is 2. The van der Waals surface area contributed by atoms with Crippen molar-refractivity contribution >= 4 is 11.9 Å². The number of benzene rings is 1. The van der Waals surface area contributed by atoms with Gasteiger partial charge in [-0.15, -0.1) is 0 Å². The van der Waals surface area contributed by atoms with Crippen molar-refractivity contribution in [1.82, 2.24) is 5.32 Å². The molecule has 0 fully saturated rings. The number of nitriles is 2. The van der Waals surface area contributed by atoms with Crippen LogP contribution >= 0.6 is 0 Å². The van der Waals surface area contributed by atoms with Crippen molar-refractivity contribution < 1.29 is 14.7 Å². The second-order valence-electron chi connectivity index (χ2n) is 4.46. The topological polar surface area (TPSA) is 114 Å². The van der Waals surface area contributed by atoms with E-state index < -0.39 is 17.9 Å². The number of aliphatic carboxylic acids is 1. The first-order valence-electron chi connectivity index (χ1n) is 6.49. The Bertz CT molecular complexity index is 582. The standard InChI is InChI=1S/C15H15N3O3/c16-9-3-1-2-4-13(15(20)21)18-14(19)12-7-5-11(10-17)6-8-12/h5-8,13H,1-4H2,(H,18,19)(H,20,21)/t13-/m1/s1. The molecular formula is C15H15N3O3. The molecule has 6 heteroatoms. The maximum Gasteiger partial charge on any atom is 0.326 e. The third-order valence-electron chi connectivity index (χ3n) is 2.91. The molecule has 1 aromatic carbocycles. The molecule has 21 heavy (non-hydrogen) atoms. The number of carboxylic acid groups (broad SMARTS) is 1. The number of unbranched alkanes of at least 4 members (excludes halogenated alkanes) is 2. The zero-order valence-corrected chi connectivity index (χ0v) is 11.4. The van der Waals surface area contributed by atoms with Crippen LogP contribution in [-0.2, 0) is 4.79 Å². The summed E-state index contributed by atoms with van der Waals surface area (Å²) in [7, 11) is 0. The van der Waals surface area contributed by atoms with E-state index in [2.05, 4.69) is 5.32 Å². The minimum absolute atomic E-state index is 0.277. The van der Waals surface area contributed by atoms with E-state index in [-0.39, 0.29) is 6.42 Å². The molecule has 0 aromatic heterocycles. The third-order valence-corrected chi connectivity index (χ3v) is 2.91. The highest BCUT2D eigenvalue weighted by Crippen LogP contribution is 2.07. The van der Waals surface area contributed by atoms with Gasteiger partial charge in [0.15, 0.2) is 0 Å². The number of carbonyl (C=O) groups excluding carboxylic acids is 1. The first kappa shape index (κ1) is 16.2. The van der Waals surface area contributed by atoms with Crippen LogP contribution < -0.4 is 5.32 Å². The molecule has 0 spiro atoms. The first-order valence-corrected chi connectivity index (χ1v) is 6.49. The van der Waals surface area contributed by atoms with E-state index in [0.717, 1.165) is 0 Å². The molecule has 0 radical (unpaired) electrons. The lowest BCUT2D eigenvalue weighted by Gasteiger charge is -2.14. The summed E-state index contributed by atoms with van der Waals surface area (Å²) in [5.74, 6) is -1.60. The molecule has 1 amide bonds. The van der Waals surface area contributed by atoms with Gasteiger partial charge in [0.25, 0.3) is 5.91 Å². The Hall–Kier alpha value is -2.86. The highest BCUT2D eigenvalue weighted by atomic mass is 16.4. The van der Waals surface area contributed by atoms with E-state index >= 15 is 0 Å². The Kier molecular flexibility index (Phi) is 6.43. The Morgan fingerprint density at radius 3 is 2.38 bits per heavy atom. The second kappa shape index (κ2) is 8.34. The molecule has 2 N–H and O–H groups in total. The van der Waals surface area contributed by atoms with Crippen LogP contribution in [0.3, 0.4) is 0 Å². The summed E-state index contributed by atoms with van der Waals surface area (Å²) in [5.41, 5.74) is 0.732. The van der Waals surface area contributed by atoms with E-state index in [0.29, 0.717) is 30.4 Å². The van der Waals surface area contributed by atoms with Crippen LogP contribution in [0.4, 0.5) is 0 Å². The Morgan fingerprint density at radius 2 is 1.86 bits per heavy atom. The fraction of sp³-hybridized carbons (Fsp3) is 0.333. The van der Waals surface area contributed by atoms with Crippen LogP contribution in [0.15, 0.2) is 24.3 Å². The number of nitrogens with one attached hydrogen (secondary N) is 1. The van der Waals surface area contributed by atoms with Gasteiger partial charge in [-0.1, -0.05) is 0 Å². The zero-order valence-electron chi connectivity index (χ0n) is 11.4. The van der Waals surface area contributed by atoms with Crippen LogP contribution in [0.25, 0.3) is 0 Å². The summed E-state index contributed by atoms with van der Waals surface area (Å²) < 4.78 is 0. The second-order valence-corrected chi connectivity index (χ2v) is 4.46. The van der Waals surface area contributed by atoms with Gasteiger partial charge < -0.3 is 10.4 Å². The molecule has 108 valence electrons. The molecule has 0 heterocycles. The summed E-state index contributed by atoms with van der Waals surface area (Å²) in [6.45, 7) is 0. The van der Waals surface area contributed by atoms with E-state index in [1.807, 2.05) is 12.1 Å². The van der Waals surface area contributed by atoms with Gasteiger partial charge in [0, 0.05) is 12.0 Å². The Labute approximate surface area is 122 Å². The number of carbonyl (C=O) groups is 2. The Balaban J connectivity index is 2.61. The summed E-state index contributed by atoms with van der Waals surface area (Å²) in [6, 6.07) is 8.89. The fourth-order valence-corrected chi connectivity index (χ4v) is 1.75. The van der Waals surface area contributed by atoms with Gasteiger partial charge in [-0.05, 0) is 43.5 Å². The zero-order chi connectivity index (χ0) is 15.7. The molecule has 1 rings (SSSR count). The SMILES string of the molecule is N#CCCCC[C@@H](NC(=O)c1ccc(C#N)cc1)C(=O)O. The van der Waals surface area contributed by atoms with Gasteiger partial charge in [0.2, 0.25) is 0 Å². The number of carboxylic acids is 1. The molecule has 0 aliphatic rings. The van der Waals surface area contributed by atoms with Gasteiger partial charge in [0.05, 0.1) is 17.7 Å². The van der Waals surface area contributed by atoms with Gasteiger partial charge >= 0.3 is 5.97 Å². The highest BCUT2D eigenvalue weighted by molar-refractivity contribution is 5.96. The molecule has 1 atom stereocenters. The van der Waals surface area contributed by atoms with E-state index in [4.69, 9.17) is 15.6 Å². The maximum atomic E-state index is 11.9. The molecule has 0 saturated heterocycles. The van der Waals surface area contributed by atoms with Crippen molar-refractivity contribution in [3.63, 3.8) is 0 Å². The quantitative estimate of drug-likeness (QED) is 0.742. The van der Waals surface area contributed by atoms with E-state index in [1.165, 1.54) is 24.3 Å². The highest BCUT2D eigenvalue weighted by Gasteiger charge is 2.20. The monoisotopic (exact) mass is 285 g/mol. The minimum atomic E-state index is -1.10. The molecular weight excluding hydrogens is 270 g/mol. The van der Waals surface area contributed by atoms with Crippen LogP contribution in [0.2, 0.25) is 0 Å². The number of hydrogen-bond acceptors (Lipinski definition) is 4. The summed E-state index contributed by atoms with van der Waals surface area (Å²) in [4.78, 5) is 23.0. The largest absolute Gasteiger partial charge is 0.480 e. The molecule has 0 bridgehead atoms. The van der Waals surface area contributed by atoms with Gasteiger partial charge in [0.1, 0.15) is 6.04 Å². The van der Waals surface area contributed by atoms with Gasteiger partial charge in [-0.25, -0.2) is 4.79 Å². The summed E-state index contributed by atoms with van der Waals surface area (Å²) >= 11 is 0. The average Bonchev–Trinajstić information content (AvgIpc) is 2.50. The molecule has 1 aromatic rings. The van der Waals surface area contributed by atoms with Crippen molar-refractivity contribution in [1.29, 1.82) is 10.5 Å². The smallest absolute Gasteiger partial charge is 0.326 e. The summed E-state index contributed by atoms with van der Waals surface area (Å²) in [6.07, 6.45) is 1.81. The Morgan fingerprint density at radius 1 is 1.19 bits per heavy atom. The lowest BCUT2D eigenvalue weighted by molar-refractivity contribution is -0.139. The van der Waals surface area contributed by atoms with Gasteiger partial charge in [-0.3, -0.25) is 4.79 Å². The molecule has 0 saturated carbocycles.